The number of thioether (sulfide) groups is 1. The van der Waals surface area contributed by atoms with Gasteiger partial charge in [0.2, 0.25) is 5.91 Å². The third kappa shape index (κ3) is 10.3. The standard InChI is InChI=1S/C19H32N4O2S/c1-5-25-13-9-12-20-19(22-15-18(24)23(3)4)21-14-16(2)26-17-10-7-6-8-11-17/h6-8,10-11,16H,5,9,12-15H2,1-4H3,(H2,20,21,22). The van der Waals surface area contributed by atoms with E-state index in [2.05, 4.69) is 34.7 Å². The first kappa shape index (κ1) is 22.3. The Labute approximate surface area is 161 Å². The van der Waals surface area contributed by atoms with E-state index in [0.29, 0.717) is 17.8 Å². The third-order valence-corrected chi connectivity index (χ3v) is 4.58. The van der Waals surface area contributed by atoms with E-state index in [1.165, 1.54) is 4.90 Å². The van der Waals surface area contributed by atoms with Crippen molar-refractivity contribution in [3.8, 4) is 0 Å². The molecule has 1 rings (SSSR count). The predicted molar refractivity (Wildman–Crippen MR) is 110 cm³/mol. The minimum absolute atomic E-state index is 0.0212. The van der Waals surface area contributed by atoms with Crippen LogP contribution in [0.3, 0.4) is 0 Å². The molecule has 0 aliphatic heterocycles. The molecule has 0 saturated heterocycles. The van der Waals surface area contributed by atoms with Gasteiger partial charge in [0.15, 0.2) is 5.96 Å². The number of nitrogens with one attached hydrogen (secondary N) is 2. The molecule has 1 aromatic rings. The third-order valence-electron chi connectivity index (χ3n) is 3.47. The van der Waals surface area contributed by atoms with E-state index in [-0.39, 0.29) is 12.5 Å². The van der Waals surface area contributed by atoms with Crippen molar-refractivity contribution in [3.63, 3.8) is 0 Å². The van der Waals surface area contributed by atoms with Crippen molar-refractivity contribution in [1.82, 2.24) is 15.5 Å². The first-order valence-electron chi connectivity index (χ1n) is 9.04. The molecule has 0 fully saturated rings. The second-order valence-electron chi connectivity index (χ2n) is 6.05. The van der Waals surface area contributed by atoms with Crippen molar-refractivity contribution < 1.29 is 9.53 Å². The summed E-state index contributed by atoms with van der Waals surface area (Å²) < 4.78 is 5.35. The van der Waals surface area contributed by atoms with E-state index in [9.17, 15) is 4.79 Å². The molecule has 146 valence electrons. The molecule has 0 aliphatic carbocycles. The molecule has 0 aromatic heterocycles. The van der Waals surface area contributed by atoms with Crippen LogP contribution in [-0.2, 0) is 9.53 Å². The summed E-state index contributed by atoms with van der Waals surface area (Å²) in [6.45, 7) is 7.24. The number of guanidine groups is 1. The van der Waals surface area contributed by atoms with Crippen LogP contribution in [0.1, 0.15) is 20.3 Å². The van der Waals surface area contributed by atoms with Crippen LogP contribution in [0.5, 0.6) is 0 Å². The van der Waals surface area contributed by atoms with Gasteiger partial charge >= 0.3 is 0 Å². The molecular formula is C19H32N4O2S. The Morgan fingerprint density at radius 3 is 2.65 bits per heavy atom. The molecule has 1 atom stereocenters. The van der Waals surface area contributed by atoms with Gasteiger partial charge < -0.3 is 20.3 Å². The zero-order valence-electron chi connectivity index (χ0n) is 16.3. The highest BCUT2D eigenvalue weighted by Crippen LogP contribution is 2.21. The minimum atomic E-state index is -0.0212. The van der Waals surface area contributed by atoms with E-state index in [1.54, 1.807) is 19.0 Å². The normalized spacial score (nSPS) is 12.5. The first-order valence-corrected chi connectivity index (χ1v) is 9.92. The maximum absolute atomic E-state index is 11.8. The largest absolute Gasteiger partial charge is 0.382 e. The molecule has 1 aromatic carbocycles. The fourth-order valence-corrected chi connectivity index (χ4v) is 2.95. The summed E-state index contributed by atoms with van der Waals surface area (Å²) in [5.41, 5.74) is 0. The van der Waals surface area contributed by atoms with Crippen molar-refractivity contribution in [1.29, 1.82) is 0 Å². The minimum Gasteiger partial charge on any atom is -0.382 e. The molecule has 0 bridgehead atoms. The molecule has 0 saturated carbocycles. The summed E-state index contributed by atoms with van der Waals surface area (Å²) in [7, 11) is 3.47. The molecule has 1 unspecified atom stereocenters. The maximum atomic E-state index is 11.8. The Balaban J connectivity index is 2.48. The highest BCUT2D eigenvalue weighted by atomic mass is 32.2. The van der Waals surface area contributed by atoms with Gasteiger partial charge in [0, 0.05) is 50.5 Å². The van der Waals surface area contributed by atoms with Gasteiger partial charge in [-0.05, 0) is 25.5 Å². The Morgan fingerprint density at radius 2 is 2.00 bits per heavy atom. The van der Waals surface area contributed by atoms with Crippen LogP contribution in [-0.4, -0.2) is 69.0 Å². The van der Waals surface area contributed by atoms with Crippen molar-refractivity contribution in [2.75, 3.05) is 46.9 Å². The van der Waals surface area contributed by atoms with E-state index in [0.717, 1.165) is 26.1 Å². The van der Waals surface area contributed by atoms with Crippen LogP contribution in [0.4, 0.5) is 0 Å². The fourth-order valence-electron chi connectivity index (χ4n) is 2.00. The molecule has 0 radical (unpaired) electrons. The van der Waals surface area contributed by atoms with Crippen LogP contribution in [0.15, 0.2) is 40.2 Å². The SMILES string of the molecule is CCOCCCNC(=NCC(=O)N(C)C)NCC(C)Sc1ccccc1. The Hall–Kier alpha value is -1.73. The summed E-state index contributed by atoms with van der Waals surface area (Å²) in [6, 6.07) is 10.3. The topological polar surface area (TPSA) is 66.0 Å². The van der Waals surface area contributed by atoms with Gasteiger partial charge in [-0.25, -0.2) is 4.99 Å². The van der Waals surface area contributed by atoms with Gasteiger partial charge in [-0.15, -0.1) is 11.8 Å². The lowest BCUT2D eigenvalue weighted by molar-refractivity contribution is -0.127. The van der Waals surface area contributed by atoms with Crippen molar-refractivity contribution >= 4 is 23.6 Å². The van der Waals surface area contributed by atoms with Crippen LogP contribution < -0.4 is 10.6 Å². The maximum Gasteiger partial charge on any atom is 0.243 e. The van der Waals surface area contributed by atoms with Gasteiger partial charge in [-0.2, -0.15) is 0 Å². The molecular weight excluding hydrogens is 348 g/mol. The monoisotopic (exact) mass is 380 g/mol. The van der Waals surface area contributed by atoms with Crippen molar-refractivity contribution in [3.05, 3.63) is 30.3 Å². The van der Waals surface area contributed by atoms with Gasteiger partial charge in [-0.1, -0.05) is 25.1 Å². The van der Waals surface area contributed by atoms with Crippen LogP contribution in [0.25, 0.3) is 0 Å². The van der Waals surface area contributed by atoms with Crippen molar-refractivity contribution in [2.24, 2.45) is 4.99 Å². The summed E-state index contributed by atoms with van der Waals surface area (Å²) >= 11 is 1.81. The number of carbonyl (C=O) groups is 1. The molecule has 7 heteroatoms. The highest BCUT2D eigenvalue weighted by molar-refractivity contribution is 8.00. The van der Waals surface area contributed by atoms with Crippen LogP contribution in [0.2, 0.25) is 0 Å². The van der Waals surface area contributed by atoms with Gasteiger partial charge in [0.05, 0.1) is 0 Å². The lowest BCUT2D eigenvalue weighted by atomic mass is 10.4. The number of hydrogen-bond donors (Lipinski definition) is 2. The predicted octanol–water partition coefficient (Wildman–Crippen LogP) is 2.22. The van der Waals surface area contributed by atoms with Crippen LogP contribution >= 0.6 is 11.8 Å². The van der Waals surface area contributed by atoms with E-state index >= 15 is 0 Å². The first-order chi connectivity index (χ1) is 12.5. The number of likely N-dealkylation sites (N-methyl/N-ethyl adjacent to an activating group) is 1. The fraction of sp³-hybridized carbons (Fsp3) is 0.579. The molecule has 2 N–H and O–H groups in total. The van der Waals surface area contributed by atoms with Gasteiger partial charge in [-0.3, -0.25) is 4.79 Å². The summed E-state index contributed by atoms with van der Waals surface area (Å²) in [4.78, 5) is 19.0. The zero-order valence-corrected chi connectivity index (χ0v) is 17.1. The zero-order chi connectivity index (χ0) is 19.2. The number of nitrogens with zero attached hydrogens (tertiary/aromatic N) is 2. The van der Waals surface area contributed by atoms with E-state index in [1.807, 2.05) is 36.9 Å². The summed E-state index contributed by atoms with van der Waals surface area (Å²) in [6.07, 6.45) is 0.893. The number of aliphatic imine (C=N–C) groups is 1. The van der Waals surface area contributed by atoms with E-state index < -0.39 is 0 Å². The second-order valence-corrected chi connectivity index (χ2v) is 7.56. The summed E-state index contributed by atoms with van der Waals surface area (Å²) in [5.74, 6) is 0.643. The number of carbonyl (C=O) groups excluding carboxylic acids is 1. The lowest BCUT2D eigenvalue weighted by Gasteiger charge is -2.17. The number of rotatable bonds is 11. The smallest absolute Gasteiger partial charge is 0.243 e. The molecule has 0 spiro atoms. The summed E-state index contributed by atoms with van der Waals surface area (Å²) in [5, 5.41) is 6.98. The lowest BCUT2D eigenvalue weighted by Crippen LogP contribution is -2.41. The molecule has 0 heterocycles. The Bertz CT molecular complexity index is 538. The van der Waals surface area contributed by atoms with Gasteiger partial charge in [0.25, 0.3) is 0 Å². The average Bonchev–Trinajstić information content (AvgIpc) is 2.63. The number of hydrogen-bond acceptors (Lipinski definition) is 4. The molecule has 26 heavy (non-hydrogen) atoms. The number of benzene rings is 1. The molecule has 0 aliphatic rings. The molecule has 1 amide bonds. The Kier molecular flexibility index (Phi) is 11.6. The Morgan fingerprint density at radius 1 is 1.27 bits per heavy atom. The average molecular weight is 381 g/mol. The number of amides is 1. The highest BCUT2D eigenvalue weighted by Gasteiger charge is 2.08. The van der Waals surface area contributed by atoms with Crippen molar-refractivity contribution in [2.45, 2.75) is 30.4 Å². The van der Waals surface area contributed by atoms with E-state index in [4.69, 9.17) is 4.74 Å². The second kappa shape index (κ2) is 13.5. The number of ether oxygens (including phenoxy) is 1. The van der Waals surface area contributed by atoms with Gasteiger partial charge in [0.1, 0.15) is 6.54 Å². The molecule has 6 nitrogen and oxygen atoms in total. The van der Waals surface area contributed by atoms with Crippen LogP contribution in [0, 0.1) is 0 Å². The quantitative estimate of drug-likeness (QED) is 0.267.